The monoisotopic (exact) mass is 309 g/mol. The van der Waals surface area contributed by atoms with Gasteiger partial charge in [0.25, 0.3) is 0 Å². The second-order valence-electron chi connectivity index (χ2n) is 4.47. The van der Waals surface area contributed by atoms with Gasteiger partial charge in [-0.25, -0.2) is 0 Å². The van der Waals surface area contributed by atoms with Gasteiger partial charge in [0.05, 0.1) is 0 Å². The van der Waals surface area contributed by atoms with Crippen LogP contribution in [0.3, 0.4) is 0 Å². The SMILES string of the molecule is CC(CCNCc1ccc(OC(F)(F)F)cc1)S(C)=O. The maximum Gasteiger partial charge on any atom is 0.573 e. The maximum absolute atomic E-state index is 12.0. The molecule has 20 heavy (non-hydrogen) atoms. The van der Waals surface area contributed by atoms with Gasteiger partial charge in [-0.1, -0.05) is 19.1 Å². The number of rotatable bonds is 7. The fourth-order valence-corrected chi connectivity index (χ4v) is 1.96. The van der Waals surface area contributed by atoms with E-state index in [2.05, 4.69) is 10.1 Å². The van der Waals surface area contributed by atoms with Crippen LogP contribution < -0.4 is 10.1 Å². The lowest BCUT2D eigenvalue weighted by atomic mass is 10.2. The largest absolute Gasteiger partial charge is 0.573 e. The molecule has 2 atom stereocenters. The highest BCUT2D eigenvalue weighted by atomic mass is 32.2. The van der Waals surface area contributed by atoms with Crippen molar-refractivity contribution in [2.45, 2.75) is 31.5 Å². The summed E-state index contributed by atoms with van der Waals surface area (Å²) in [7, 11) is -0.834. The first-order valence-corrected chi connectivity index (χ1v) is 7.77. The molecule has 1 rings (SSSR count). The summed E-state index contributed by atoms with van der Waals surface area (Å²) in [6.07, 6.45) is -2.20. The van der Waals surface area contributed by atoms with E-state index in [0.29, 0.717) is 13.1 Å². The van der Waals surface area contributed by atoms with Crippen LogP contribution in [0.25, 0.3) is 0 Å². The Morgan fingerprint density at radius 3 is 2.40 bits per heavy atom. The molecule has 0 aliphatic rings. The molecule has 0 saturated heterocycles. The van der Waals surface area contributed by atoms with Crippen LogP contribution in [0.5, 0.6) is 5.75 Å². The minimum atomic E-state index is -4.66. The first kappa shape index (κ1) is 17.0. The lowest BCUT2D eigenvalue weighted by Crippen LogP contribution is -2.21. The highest BCUT2D eigenvalue weighted by Gasteiger charge is 2.30. The van der Waals surface area contributed by atoms with Crippen LogP contribution in [0.15, 0.2) is 24.3 Å². The number of hydrogen-bond acceptors (Lipinski definition) is 3. The smallest absolute Gasteiger partial charge is 0.406 e. The molecule has 0 saturated carbocycles. The number of halogens is 3. The minimum Gasteiger partial charge on any atom is -0.406 e. The van der Waals surface area contributed by atoms with Crippen molar-refractivity contribution >= 4 is 10.8 Å². The van der Waals surface area contributed by atoms with Gasteiger partial charge in [0, 0.05) is 28.9 Å². The van der Waals surface area contributed by atoms with Crippen molar-refractivity contribution in [2.24, 2.45) is 0 Å². The summed E-state index contributed by atoms with van der Waals surface area (Å²) in [5, 5.41) is 3.29. The molecule has 0 radical (unpaired) electrons. The van der Waals surface area contributed by atoms with E-state index in [1.54, 1.807) is 18.4 Å². The zero-order valence-electron chi connectivity index (χ0n) is 11.4. The Morgan fingerprint density at radius 1 is 1.30 bits per heavy atom. The Hall–Kier alpha value is -1.08. The third-order valence-electron chi connectivity index (χ3n) is 2.78. The first-order chi connectivity index (χ1) is 9.28. The minimum absolute atomic E-state index is 0.130. The first-order valence-electron chi connectivity index (χ1n) is 6.15. The van der Waals surface area contributed by atoms with Gasteiger partial charge in [-0.05, 0) is 30.7 Å². The van der Waals surface area contributed by atoms with Gasteiger partial charge in [0.15, 0.2) is 0 Å². The molecule has 0 aromatic heterocycles. The third kappa shape index (κ3) is 6.91. The van der Waals surface area contributed by atoms with Crippen LogP contribution in [0.1, 0.15) is 18.9 Å². The van der Waals surface area contributed by atoms with Gasteiger partial charge in [-0.2, -0.15) is 0 Å². The summed E-state index contributed by atoms with van der Waals surface area (Å²) in [5.74, 6) is -0.226. The molecule has 1 aromatic carbocycles. The molecule has 7 heteroatoms. The van der Waals surface area contributed by atoms with E-state index in [0.717, 1.165) is 12.0 Å². The molecule has 0 bridgehead atoms. The van der Waals surface area contributed by atoms with Crippen molar-refractivity contribution < 1.29 is 22.1 Å². The van der Waals surface area contributed by atoms with Crippen LogP contribution in [0.2, 0.25) is 0 Å². The molecule has 0 heterocycles. The fourth-order valence-electron chi connectivity index (χ4n) is 1.51. The topological polar surface area (TPSA) is 38.3 Å². The Kier molecular flexibility index (Phi) is 6.48. The van der Waals surface area contributed by atoms with Crippen LogP contribution in [0, 0.1) is 0 Å². The average Bonchev–Trinajstić information content (AvgIpc) is 2.34. The summed E-state index contributed by atoms with van der Waals surface area (Å²) in [4.78, 5) is 0. The van der Waals surface area contributed by atoms with E-state index in [-0.39, 0.29) is 11.0 Å². The molecular formula is C13H18F3NO2S. The molecule has 0 aliphatic carbocycles. The normalized spacial score (nSPS) is 14.8. The number of nitrogens with one attached hydrogen (secondary N) is 1. The molecule has 2 unspecified atom stereocenters. The second-order valence-corrected chi connectivity index (χ2v) is 6.27. The van der Waals surface area contributed by atoms with Gasteiger partial charge < -0.3 is 10.1 Å². The van der Waals surface area contributed by atoms with E-state index in [9.17, 15) is 17.4 Å². The number of hydrogen-bond donors (Lipinski definition) is 1. The Labute approximate surface area is 119 Å². The summed E-state index contributed by atoms with van der Waals surface area (Å²) in [6.45, 7) is 3.18. The van der Waals surface area contributed by atoms with Crippen LogP contribution in [0.4, 0.5) is 13.2 Å². The Bertz CT molecular complexity index is 434. The lowest BCUT2D eigenvalue weighted by molar-refractivity contribution is -0.274. The molecular weight excluding hydrogens is 291 g/mol. The molecule has 114 valence electrons. The van der Waals surface area contributed by atoms with Crippen LogP contribution in [-0.2, 0) is 17.3 Å². The molecule has 0 amide bonds. The molecule has 1 N–H and O–H groups in total. The van der Waals surface area contributed by atoms with Gasteiger partial charge in [-0.3, -0.25) is 4.21 Å². The van der Waals surface area contributed by atoms with Crippen molar-refractivity contribution in [1.29, 1.82) is 0 Å². The quantitative estimate of drug-likeness (QED) is 0.787. The van der Waals surface area contributed by atoms with Gasteiger partial charge in [-0.15, -0.1) is 13.2 Å². The number of alkyl halides is 3. The predicted octanol–water partition coefficient (Wildman–Crippen LogP) is 2.83. The Morgan fingerprint density at radius 2 is 1.90 bits per heavy atom. The summed E-state index contributed by atoms with van der Waals surface area (Å²) in [5.41, 5.74) is 0.866. The average molecular weight is 309 g/mol. The van der Waals surface area contributed by atoms with Crippen LogP contribution in [-0.4, -0.2) is 28.6 Å². The summed E-state index contributed by atoms with van der Waals surface area (Å²) >= 11 is 0. The van der Waals surface area contributed by atoms with Crippen molar-refractivity contribution in [2.75, 3.05) is 12.8 Å². The standard InChI is InChI=1S/C13H18F3NO2S/c1-10(20(2)18)7-8-17-9-11-3-5-12(6-4-11)19-13(14,15)16/h3-6,10,17H,7-9H2,1-2H3. The van der Waals surface area contributed by atoms with Crippen molar-refractivity contribution in [3.63, 3.8) is 0 Å². The highest BCUT2D eigenvalue weighted by molar-refractivity contribution is 7.84. The molecule has 0 fully saturated rings. The third-order valence-corrected chi connectivity index (χ3v) is 4.15. The van der Waals surface area contributed by atoms with E-state index < -0.39 is 17.2 Å². The molecule has 0 spiro atoms. The number of benzene rings is 1. The van der Waals surface area contributed by atoms with Crippen molar-refractivity contribution in [1.82, 2.24) is 5.32 Å². The predicted molar refractivity (Wildman–Crippen MR) is 73.0 cm³/mol. The van der Waals surface area contributed by atoms with E-state index >= 15 is 0 Å². The second kappa shape index (κ2) is 7.64. The summed E-state index contributed by atoms with van der Waals surface area (Å²) < 4.78 is 50.8. The fraction of sp³-hybridized carbons (Fsp3) is 0.538. The van der Waals surface area contributed by atoms with Crippen molar-refractivity contribution in [3.8, 4) is 5.75 Å². The number of ether oxygens (including phenoxy) is 1. The zero-order chi connectivity index (χ0) is 15.2. The van der Waals surface area contributed by atoms with Gasteiger partial charge in [0.2, 0.25) is 0 Å². The molecule has 0 aliphatic heterocycles. The zero-order valence-corrected chi connectivity index (χ0v) is 12.2. The molecule has 3 nitrogen and oxygen atoms in total. The molecule has 1 aromatic rings. The van der Waals surface area contributed by atoms with E-state index in [1.165, 1.54) is 12.1 Å². The summed E-state index contributed by atoms with van der Waals surface area (Å²) in [6, 6.07) is 5.73. The van der Waals surface area contributed by atoms with E-state index in [4.69, 9.17) is 0 Å². The highest BCUT2D eigenvalue weighted by Crippen LogP contribution is 2.22. The maximum atomic E-state index is 12.0. The van der Waals surface area contributed by atoms with E-state index in [1.807, 2.05) is 6.92 Å². The van der Waals surface area contributed by atoms with Crippen LogP contribution >= 0.6 is 0 Å². The lowest BCUT2D eigenvalue weighted by Gasteiger charge is -2.11. The van der Waals surface area contributed by atoms with Gasteiger partial charge >= 0.3 is 6.36 Å². The van der Waals surface area contributed by atoms with Crippen molar-refractivity contribution in [3.05, 3.63) is 29.8 Å². The Balaban J connectivity index is 2.33. The van der Waals surface area contributed by atoms with Gasteiger partial charge in [0.1, 0.15) is 5.75 Å².